The average molecular weight is 292 g/mol. The summed E-state index contributed by atoms with van der Waals surface area (Å²) in [6, 6.07) is 7.62. The Morgan fingerprint density at radius 3 is 2.48 bits per heavy atom. The number of ether oxygens (including phenoxy) is 2. The van der Waals surface area contributed by atoms with Crippen LogP contribution in [0, 0.1) is 0 Å². The minimum Gasteiger partial charge on any atom is -0.497 e. The number of hydrogen-bond acceptors (Lipinski definition) is 4. The van der Waals surface area contributed by atoms with Gasteiger partial charge in [0.2, 0.25) is 5.91 Å². The topological polar surface area (TPSA) is 42.0 Å². The van der Waals surface area contributed by atoms with Crippen LogP contribution >= 0.6 is 0 Å². The molecular weight excluding hydrogens is 268 g/mol. The Morgan fingerprint density at radius 1 is 1.10 bits per heavy atom. The maximum Gasteiger partial charge on any atom is 0.219 e. The van der Waals surface area contributed by atoms with Gasteiger partial charge in [-0.25, -0.2) is 0 Å². The molecule has 1 aromatic rings. The van der Waals surface area contributed by atoms with Crippen LogP contribution in [0.25, 0.3) is 0 Å². The van der Waals surface area contributed by atoms with Crippen LogP contribution in [-0.4, -0.2) is 62.1 Å². The van der Waals surface area contributed by atoms with Gasteiger partial charge < -0.3 is 14.4 Å². The number of amides is 1. The zero-order valence-corrected chi connectivity index (χ0v) is 12.9. The van der Waals surface area contributed by atoms with Crippen molar-refractivity contribution >= 4 is 5.91 Å². The third kappa shape index (κ3) is 4.93. The Kier molecular flexibility index (Phi) is 5.87. The highest BCUT2D eigenvalue weighted by atomic mass is 16.5. The zero-order valence-electron chi connectivity index (χ0n) is 12.9. The fourth-order valence-electron chi connectivity index (χ4n) is 2.47. The van der Waals surface area contributed by atoms with Gasteiger partial charge in [-0.3, -0.25) is 9.69 Å². The summed E-state index contributed by atoms with van der Waals surface area (Å²) in [5, 5.41) is 0. The summed E-state index contributed by atoms with van der Waals surface area (Å²) in [6.45, 7) is 6.82. The van der Waals surface area contributed by atoms with E-state index in [1.54, 1.807) is 14.0 Å². The molecule has 1 amide bonds. The first-order chi connectivity index (χ1) is 10.2. The van der Waals surface area contributed by atoms with E-state index >= 15 is 0 Å². The van der Waals surface area contributed by atoms with Crippen molar-refractivity contribution < 1.29 is 14.3 Å². The van der Waals surface area contributed by atoms with Gasteiger partial charge in [-0.1, -0.05) is 0 Å². The molecule has 5 nitrogen and oxygen atoms in total. The number of hydrogen-bond donors (Lipinski definition) is 0. The van der Waals surface area contributed by atoms with Crippen LogP contribution in [0.4, 0.5) is 0 Å². The highest BCUT2D eigenvalue weighted by Crippen LogP contribution is 2.16. The summed E-state index contributed by atoms with van der Waals surface area (Å²) < 4.78 is 10.9. The second kappa shape index (κ2) is 7.88. The van der Waals surface area contributed by atoms with Gasteiger partial charge in [-0.2, -0.15) is 0 Å². The molecule has 1 saturated heterocycles. The van der Waals surface area contributed by atoms with E-state index in [4.69, 9.17) is 9.47 Å². The third-order valence-corrected chi connectivity index (χ3v) is 3.77. The first-order valence-electron chi connectivity index (χ1n) is 7.44. The fourth-order valence-corrected chi connectivity index (χ4v) is 2.47. The minimum atomic E-state index is 0.173. The number of methoxy groups -OCH3 is 1. The molecule has 1 aliphatic rings. The van der Waals surface area contributed by atoms with Crippen molar-refractivity contribution in [3.05, 3.63) is 24.3 Å². The van der Waals surface area contributed by atoms with Crippen molar-refractivity contribution in [3.8, 4) is 11.5 Å². The first-order valence-corrected chi connectivity index (χ1v) is 7.44. The summed E-state index contributed by atoms with van der Waals surface area (Å²) >= 11 is 0. The molecule has 0 radical (unpaired) electrons. The smallest absolute Gasteiger partial charge is 0.219 e. The number of carbonyl (C=O) groups is 1. The van der Waals surface area contributed by atoms with E-state index in [0.29, 0.717) is 6.61 Å². The van der Waals surface area contributed by atoms with Gasteiger partial charge in [-0.15, -0.1) is 0 Å². The predicted octanol–water partition coefficient (Wildman–Crippen LogP) is 1.63. The number of benzene rings is 1. The van der Waals surface area contributed by atoms with Crippen molar-refractivity contribution in [2.45, 2.75) is 13.3 Å². The van der Waals surface area contributed by atoms with E-state index in [1.165, 1.54) is 0 Å². The van der Waals surface area contributed by atoms with E-state index in [9.17, 15) is 4.79 Å². The van der Waals surface area contributed by atoms with Crippen molar-refractivity contribution in [3.63, 3.8) is 0 Å². The van der Waals surface area contributed by atoms with Crippen molar-refractivity contribution in [1.82, 2.24) is 9.80 Å². The Morgan fingerprint density at radius 2 is 1.81 bits per heavy atom. The molecule has 116 valence electrons. The minimum absolute atomic E-state index is 0.173. The van der Waals surface area contributed by atoms with E-state index in [-0.39, 0.29) is 5.91 Å². The summed E-state index contributed by atoms with van der Waals surface area (Å²) in [4.78, 5) is 15.7. The summed E-state index contributed by atoms with van der Waals surface area (Å²) in [5.41, 5.74) is 0. The van der Waals surface area contributed by atoms with Crippen LogP contribution in [0.2, 0.25) is 0 Å². The molecule has 0 saturated carbocycles. The van der Waals surface area contributed by atoms with Crippen LogP contribution in [0.1, 0.15) is 13.3 Å². The largest absolute Gasteiger partial charge is 0.497 e. The van der Waals surface area contributed by atoms with Gasteiger partial charge in [0.25, 0.3) is 0 Å². The molecule has 1 heterocycles. The molecule has 1 aromatic carbocycles. The summed E-state index contributed by atoms with van der Waals surface area (Å²) in [6.07, 6.45) is 1.03. The van der Waals surface area contributed by atoms with Gasteiger partial charge >= 0.3 is 0 Å². The van der Waals surface area contributed by atoms with Crippen LogP contribution in [0.3, 0.4) is 0 Å². The fraction of sp³-hybridized carbons (Fsp3) is 0.562. The molecule has 0 aliphatic carbocycles. The van der Waals surface area contributed by atoms with Gasteiger partial charge in [0, 0.05) is 39.6 Å². The number of rotatable bonds is 5. The lowest BCUT2D eigenvalue weighted by atomic mass is 10.3. The van der Waals surface area contributed by atoms with E-state index in [0.717, 1.165) is 50.6 Å². The van der Waals surface area contributed by atoms with E-state index in [2.05, 4.69) is 4.90 Å². The van der Waals surface area contributed by atoms with Crippen LogP contribution < -0.4 is 9.47 Å². The number of nitrogens with zero attached hydrogens (tertiary/aromatic N) is 2. The zero-order chi connectivity index (χ0) is 15.1. The molecule has 0 spiro atoms. The number of carbonyl (C=O) groups excluding carboxylic acids is 1. The van der Waals surface area contributed by atoms with E-state index in [1.807, 2.05) is 29.2 Å². The Labute approximate surface area is 126 Å². The molecule has 1 fully saturated rings. The molecule has 0 bridgehead atoms. The molecule has 0 unspecified atom stereocenters. The lowest BCUT2D eigenvalue weighted by molar-refractivity contribution is -0.128. The molecule has 0 aromatic heterocycles. The normalized spacial score (nSPS) is 16.4. The first kappa shape index (κ1) is 15.6. The average Bonchev–Trinajstić information content (AvgIpc) is 2.74. The molecule has 1 aliphatic heterocycles. The van der Waals surface area contributed by atoms with Gasteiger partial charge in [0.05, 0.1) is 7.11 Å². The Bertz CT molecular complexity index is 447. The highest BCUT2D eigenvalue weighted by Gasteiger charge is 2.16. The van der Waals surface area contributed by atoms with Crippen LogP contribution in [0.15, 0.2) is 24.3 Å². The lowest BCUT2D eigenvalue weighted by Gasteiger charge is -2.21. The van der Waals surface area contributed by atoms with Crippen molar-refractivity contribution in [2.75, 3.05) is 46.4 Å². The highest BCUT2D eigenvalue weighted by molar-refractivity contribution is 5.73. The summed E-state index contributed by atoms with van der Waals surface area (Å²) in [7, 11) is 1.65. The van der Waals surface area contributed by atoms with Gasteiger partial charge in [0.15, 0.2) is 0 Å². The standard InChI is InChI=1S/C16H24N2O3/c1-14(19)18-9-3-8-17(10-11-18)12-13-21-16-6-4-15(20-2)5-7-16/h4-7H,3,8-13H2,1-2H3. The van der Waals surface area contributed by atoms with Crippen molar-refractivity contribution in [2.24, 2.45) is 0 Å². The lowest BCUT2D eigenvalue weighted by Crippen LogP contribution is -2.35. The Balaban J connectivity index is 1.71. The SMILES string of the molecule is COc1ccc(OCCN2CCCN(C(C)=O)CC2)cc1. The van der Waals surface area contributed by atoms with Crippen LogP contribution in [-0.2, 0) is 4.79 Å². The van der Waals surface area contributed by atoms with Crippen molar-refractivity contribution in [1.29, 1.82) is 0 Å². The van der Waals surface area contributed by atoms with Crippen LogP contribution in [0.5, 0.6) is 11.5 Å². The van der Waals surface area contributed by atoms with E-state index < -0.39 is 0 Å². The Hall–Kier alpha value is -1.75. The molecule has 0 atom stereocenters. The molecule has 0 N–H and O–H groups in total. The maximum absolute atomic E-state index is 11.4. The predicted molar refractivity (Wildman–Crippen MR) is 81.8 cm³/mol. The molecule has 2 rings (SSSR count). The summed E-state index contributed by atoms with van der Waals surface area (Å²) in [5.74, 6) is 1.86. The maximum atomic E-state index is 11.4. The monoisotopic (exact) mass is 292 g/mol. The second-order valence-electron chi connectivity index (χ2n) is 5.23. The van der Waals surface area contributed by atoms with Gasteiger partial charge in [-0.05, 0) is 30.7 Å². The molecule has 21 heavy (non-hydrogen) atoms. The quantitative estimate of drug-likeness (QED) is 0.827. The third-order valence-electron chi connectivity index (χ3n) is 3.77. The second-order valence-corrected chi connectivity index (χ2v) is 5.23. The molecule has 5 heteroatoms. The molecular formula is C16H24N2O3. The van der Waals surface area contributed by atoms with Gasteiger partial charge in [0.1, 0.15) is 18.1 Å².